The summed E-state index contributed by atoms with van der Waals surface area (Å²) in [5, 5.41) is 0.859. The summed E-state index contributed by atoms with van der Waals surface area (Å²) in [6.45, 7) is 0. The number of fused-ring (bicyclic) bond motifs is 8. The number of aryl methyl sites for hydroxylation is 1. The fourth-order valence-corrected chi connectivity index (χ4v) is 6.53. The maximum atomic E-state index is 6.61. The number of hydrogen-bond donors (Lipinski definition) is 0. The first-order valence-corrected chi connectivity index (χ1v) is 11.2. The normalized spacial score (nSPS) is 25.3. The van der Waals surface area contributed by atoms with Crippen LogP contribution in [0.4, 0.5) is 0 Å². The van der Waals surface area contributed by atoms with Crippen molar-refractivity contribution < 1.29 is 0 Å². The Morgan fingerprint density at radius 3 is 2.61 bits per heavy atom. The summed E-state index contributed by atoms with van der Waals surface area (Å²) >= 11 is 6.61. The molecule has 0 nitrogen and oxygen atoms in total. The number of halogens is 1. The largest absolute Gasteiger partial charge is 0.0843 e. The summed E-state index contributed by atoms with van der Waals surface area (Å²) in [5.74, 6) is 0. The number of hydrogen-bond acceptors (Lipinski definition) is 0. The molecule has 1 unspecified atom stereocenters. The Balaban J connectivity index is 1.80. The maximum Gasteiger partial charge on any atom is 0.0676 e. The molecule has 0 saturated carbocycles. The van der Waals surface area contributed by atoms with Gasteiger partial charge in [-0.2, -0.15) is 0 Å². The molecule has 0 aromatic heterocycles. The van der Waals surface area contributed by atoms with E-state index in [1.165, 1.54) is 66.4 Å². The van der Waals surface area contributed by atoms with Gasteiger partial charge in [0.05, 0.1) is 5.41 Å². The van der Waals surface area contributed by atoms with Gasteiger partial charge in [-0.25, -0.2) is 0 Å². The molecule has 1 heteroatoms. The quantitative estimate of drug-likeness (QED) is 0.411. The van der Waals surface area contributed by atoms with Crippen LogP contribution in [0.15, 0.2) is 71.3 Å². The van der Waals surface area contributed by atoms with Crippen molar-refractivity contribution in [1.82, 2.24) is 0 Å². The fraction of sp³-hybridized carbons (Fsp3) is 0.333. The Labute approximate surface area is 172 Å². The first-order chi connectivity index (χ1) is 13.8. The van der Waals surface area contributed by atoms with Crippen molar-refractivity contribution in [2.24, 2.45) is 0 Å². The average molecular weight is 385 g/mol. The molecular weight excluding hydrogens is 360 g/mol. The molecule has 2 aromatic rings. The Bertz CT molecular complexity index is 1080. The molecule has 0 amide bonds. The van der Waals surface area contributed by atoms with Crippen molar-refractivity contribution in [2.45, 2.75) is 56.8 Å². The standard InChI is InChI=1S/C27H25Cl/c28-20-15-16-22-21-9-3-6-12-25(21)27(26(22)17-20)23-10-4-1-7-18(23)13-14-19-8-2-5-11-24(19)27/h1,4,7,9-10,12,15-17H,2-3,5-6,8,11,13-14H2. The van der Waals surface area contributed by atoms with Crippen LogP contribution in [0.1, 0.15) is 67.2 Å². The van der Waals surface area contributed by atoms with Crippen molar-refractivity contribution >= 4 is 17.2 Å². The van der Waals surface area contributed by atoms with E-state index in [0.717, 1.165) is 17.9 Å². The van der Waals surface area contributed by atoms with Gasteiger partial charge in [0.1, 0.15) is 0 Å². The zero-order chi connectivity index (χ0) is 18.7. The van der Waals surface area contributed by atoms with Gasteiger partial charge < -0.3 is 0 Å². The van der Waals surface area contributed by atoms with Gasteiger partial charge in [0, 0.05) is 5.02 Å². The predicted molar refractivity (Wildman–Crippen MR) is 118 cm³/mol. The molecular formula is C27H25Cl. The first-order valence-electron chi connectivity index (χ1n) is 10.8. The summed E-state index contributed by atoms with van der Waals surface area (Å²) in [5.41, 5.74) is 12.2. The second-order valence-electron chi connectivity index (χ2n) is 8.70. The van der Waals surface area contributed by atoms with Crippen LogP contribution in [0.3, 0.4) is 0 Å². The third-order valence-electron chi connectivity index (χ3n) is 7.39. The molecule has 0 heterocycles. The number of benzene rings is 2. The van der Waals surface area contributed by atoms with E-state index in [-0.39, 0.29) is 5.41 Å². The molecule has 6 rings (SSSR count). The summed E-state index contributed by atoms with van der Waals surface area (Å²) < 4.78 is 0. The highest BCUT2D eigenvalue weighted by molar-refractivity contribution is 6.30. The number of allylic oxidation sites excluding steroid dienone is 6. The Kier molecular flexibility index (Phi) is 3.75. The SMILES string of the molecule is Clc1ccc2c(c1)C1(C3=CCCC=C32)C2=C(CCCC2)CCc2ccccc21. The molecule has 140 valence electrons. The van der Waals surface area contributed by atoms with Crippen LogP contribution in [-0.2, 0) is 11.8 Å². The zero-order valence-corrected chi connectivity index (χ0v) is 17.0. The molecule has 0 saturated heterocycles. The summed E-state index contributed by atoms with van der Waals surface area (Å²) in [7, 11) is 0. The highest BCUT2D eigenvalue weighted by atomic mass is 35.5. The molecule has 4 aliphatic rings. The molecule has 0 aliphatic heterocycles. The lowest BCUT2D eigenvalue weighted by Crippen LogP contribution is -2.32. The van der Waals surface area contributed by atoms with Crippen LogP contribution in [0.25, 0.3) is 5.57 Å². The third-order valence-corrected chi connectivity index (χ3v) is 7.62. The third kappa shape index (κ3) is 2.13. The zero-order valence-electron chi connectivity index (χ0n) is 16.2. The summed E-state index contributed by atoms with van der Waals surface area (Å²) in [6, 6.07) is 15.9. The van der Waals surface area contributed by atoms with Gasteiger partial charge in [-0.3, -0.25) is 0 Å². The molecule has 0 N–H and O–H groups in total. The van der Waals surface area contributed by atoms with Gasteiger partial charge in [0.15, 0.2) is 0 Å². The second kappa shape index (κ2) is 6.22. The van der Waals surface area contributed by atoms with Crippen molar-refractivity contribution in [3.8, 4) is 0 Å². The van der Waals surface area contributed by atoms with Gasteiger partial charge in [-0.05, 0) is 96.9 Å². The fourth-order valence-electron chi connectivity index (χ4n) is 6.36. The van der Waals surface area contributed by atoms with Crippen molar-refractivity contribution in [1.29, 1.82) is 0 Å². The van der Waals surface area contributed by atoms with Crippen molar-refractivity contribution in [3.63, 3.8) is 0 Å². The van der Waals surface area contributed by atoms with Gasteiger partial charge >= 0.3 is 0 Å². The van der Waals surface area contributed by atoms with E-state index in [2.05, 4.69) is 54.6 Å². The molecule has 1 atom stereocenters. The molecule has 4 aliphatic carbocycles. The Morgan fingerprint density at radius 2 is 1.64 bits per heavy atom. The van der Waals surface area contributed by atoms with E-state index in [4.69, 9.17) is 11.6 Å². The first kappa shape index (κ1) is 16.9. The van der Waals surface area contributed by atoms with Gasteiger partial charge in [0.25, 0.3) is 0 Å². The van der Waals surface area contributed by atoms with E-state index >= 15 is 0 Å². The minimum Gasteiger partial charge on any atom is -0.0843 e. The van der Waals surface area contributed by atoms with Crippen LogP contribution in [0, 0.1) is 0 Å². The highest BCUT2D eigenvalue weighted by Gasteiger charge is 2.52. The predicted octanol–water partition coefficient (Wildman–Crippen LogP) is 7.56. The molecule has 0 radical (unpaired) electrons. The monoisotopic (exact) mass is 384 g/mol. The molecule has 2 aromatic carbocycles. The van der Waals surface area contributed by atoms with Gasteiger partial charge in [0.2, 0.25) is 0 Å². The number of rotatable bonds is 0. The van der Waals surface area contributed by atoms with Crippen molar-refractivity contribution in [2.75, 3.05) is 0 Å². The average Bonchev–Trinajstić information content (AvgIpc) is 2.93. The van der Waals surface area contributed by atoms with Crippen LogP contribution in [0.5, 0.6) is 0 Å². The second-order valence-corrected chi connectivity index (χ2v) is 9.14. The van der Waals surface area contributed by atoms with Gasteiger partial charge in [-0.1, -0.05) is 65.2 Å². The van der Waals surface area contributed by atoms with Crippen molar-refractivity contribution in [3.05, 3.63) is 98.6 Å². The van der Waals surface area contributed by atoms with E-state index < -0.39 is 0 Å². The minimum atomic E-state index is -0.116. The van der Waals surface area contributed by atoms with Crippen LogP contribution < -0.4 is 0 Å². The lowest BCUT2D eigenvalue weighted by molar-refractivity contribution is 0.585. The minimum absolute atomic E-state index is 0.116. The molecule has 28 heavy (non-hydrogen) atoms. The van der Waals surface area contributed by atoms with E-state index in [9.17, 15) is 0 Å². The van der Waals surface area contributed by atoms with Crippen LogP contribution >= 0.6 is 11.6 Å². The smallest absolute Gasteiger partial charge is 0.0676 e. The Morgan fingerprint density at radius 1 is 0.786 bits per heavy atom. The van der Waals surface area contributed by atoms with E-state index in [1.54, 1.807) is 16.7 Å². The highest BCUT2D eigenvalue weighted by Crippen LogP contribution is 2.62. The van der Waals surface area contributed by atoms with E-state index in [0.29, 0.717) is 0 Å². The molecule has 0 bridgehead atoms. The van der Waals surface area contributed by atoms with Gasteiger partial charge in [-0.15, -0.1) is 0 Å². The van der Waals surface area contributed by atoms with E-state index in [1.807, 2.05) is 0 Å². The lowest BCUT2D eigenvalue weighted by Gasteiger charge is -2.40. The Hall–Kier alpha value is -2.05. The van der Waals surface area contributed by atoms with Crippen LogP contribution in [0.2, 0.25) is 5.02 Å². The summed E-state index contributed by atoms with van der Waals surface area (Å²) in [6.07, 6.45) is 14.8. The maximum absolute atomic E-state index is 6.61. The molecule has 0 fully saturated rings. The molecule has 1 spiro atoms. The van der Waals surface area contributed by atoms with Crippen LogP contribution in [-0.4, -0.2) is 0 Å². The lowest BCUT2D eigenvalue weighted by atomic mass is 9.62. The topological polar surface area (TPSA) is 0 Å². The summed E-state index contributed by atoms with van der Waals surface area (Å²) in [4.78, 5) is 0.